The Balaban J connectivity index is 1.51. The Morgan fingerprint density at radius 2 is 1.66 bits per heavy atom. The van der Waals surface area contributed by atoms with Gasteiger partial charge in [-0.3, -0.25) is 14.3 Å². The summed E-state index contributed by atoms with van der Waals surface area (Å²) in [5.74, 6) is 0.562. The quantitative estimate of drug-likeness (QED) is 0.371. The van der Waals surface area contributed by atoms with Gasteiger partial charge in [0.15, 0.2) is 4.77 Å². The van der Waals surface area contributed by atoms with E-state index in [0.717, 1.165) is 0 Å². The molecular weight excluding hydrogens is 467 g/mol. The Labute approximate surface area is 203 Å². The number of ether oxygens (including phenoxy) is 1. The highest BCUT2D eigenvalue weighted by molar-refractivity contribution is 7.71. The Bertz CT molecular complexity index is 1600. The molecule has 4 aromatic rings. The highest BCUT2D eigenvalue weighted by Gasteiger charge is 2.18. The lowest BCUT2D eigenvalue weighted by Gasteiger charge is -2.13. The fourth-order valence-electron chi connectivity index (χ4n) is 3.56. The third-order valence-corrected chi connectivity index (χ3v) is 5.52. The zero-order valence-corrected chi connectivity index (χ0v) is 18.9. The Kier molecular flexibility index (Phi) is 5.90. The summed E-state index contributed by atoms with van der Waals surface area (Å²) in [6.07, 6.45) is 2.92. The van der Waals surface area contributed by atoms with Crippen molar-refractivity contribution in [1.29, 1.82) is 0 Å². The molecule has 2 N–H and O–H groups in total. The van der Waals surface area contributed by atoms with Crippen LogP contribution < -0.4 is 10.3 Å². The number of aromatic hydroxyl groups is 1. The molecule has 0 saturated carbocycles. The van der Waals surface area contributed by atoms with Crippen LogP contribution in [0, 0.1) is 10.6 Å². The normalized spacial score (nSPS) is 13.7. The summed E-state index contributed by atoms with van der Waals surface area (Å²) >= 11 is 5.31. The van der Waals surface area contributed by atoms with Gasteiger partial charge in [0.2, 0.25) is 5.88 Å². The molecule has 0 saturated heterocycles. The molecular formula is C26H17FN4O3S. The number of rotatable bonds is 5. The minimum atomic E-state index is -0.570. The lowest BCUT2D eigenvalue weighted by Crippen LogP contribution is -2.16. The van der Waals surface area contributed by atoms with E-state index in [1.807, 2.05) is 30.3 Å². The number of benzene rings is 3. The highest BCUT2D eigenvalue weighted by atomic mass is 32.1. The van der Waals surface area contributed by atoms with Gasteiger partial charge in [-0.05, 0) is 79.0 Å². The molecule has 172 valence electrons. The predicted octanol–water partition coefficient (Wildman–Crippen LogP) is 5.40. The number of hydrogen-bond donors (Lipinski definition) is 2. The van der Waals surface area contributed by atoms with Gasteiger partial charge in [0.25, 0.3) is 5.56 Å². The molecule has 7 nitrogen and oxygen atoms in total. The molecule has 1 aliphatic heterocycles. The van der Waals surface area contributed by atoms with Crippen molar-refractivity contribution in [2.24, 2.45) is 10.2 Å². The van der Waals surface area contributed by atoms with Crippen LogP contribution in [0.25, 0.3) is 11.8 Å². The van der Waals surface area contributed by atoms with Crippen LogP contribution in [-0.4, -0.2) is 26.6 Å². The molecule has 1 aliphatic rings. The lowest BCUT2D eigenvalue weighted by atomic mass is 10.0. The molecule has 35 heavy (non-hydrogen) atoms. The SMILES string of the molecule is O=c1[nH]c(=S)n(-c2ccc(Oc3ccccc3)cc2)c(O)c1C=C1C=NN=C1c1ccc(F)cc1. The van der Waals surface area contributed by atoms with Crippen molar-refractivity contribution >= 4 is 30.2 Å². The number of halogens is 1. The average molecular weight is 485 g/mol. The maximum atomic E-state index is 13.3. The zero-order chi connectivity index (χ0) is 24.4. The van der Waals surface area contributed by atoms with Crippen molar-refractivity contribution in [3.05, 3.63) is 117 Å². The number of hydrogen-bond acceptors (Lipinski definition) is 6. The van der Waals surface area contributed by atoms with Crippen LogP contribution in [0.1, 0.15) is 11.1 Å². The Morgan fingerprint density at radius 1 is 0.971 bits per heavy atom. The summed E-state index contributed by atoms with van der Waals surface area (Å²) in [6, 6.07) is 22.0. The van der Waals surface area contributed by atoms with Gasteiger partial charge < -0.3 is 9.84 Å². The van der Waals surface area contributed by atoms with E-state index in [9.17, 15) is 14.3 Å². The summed E-state index contributed by atoms with van der Waals surface area (Å²) in [5.41, 5.74) is 1.47. The number of aromatic nitrogens is 2. The molecule has 0 amide bonds. The fourth-order valence-corrected chi connectivity index (χ4v) is 3.84. The molecule has 0 spiro atoms. The largest absolute Gasteiger partial charge is 0.494 e. The summed E-state index contributed by atoms with van der Waals surface area (Å²) in [6.45, 7) is 0. The number of H-pyrrole nitrogens is 1. The van der Waals surface area contributed by atoms with E-state index >= 15 is 0 Å². The van der Waals surface area contributed by atoms with Crippen LogP contribution in [0.2, 0.25) is 0 Å². The third-order valence-electron chi connectivity index (χ3n) is 5.24. The lowest BCUT2D eigenvalue weighted by molar-refractivity contribution is 0.431. The van der Waals surface area contributed by atoms with E-state index in [0.29, 0.717) is 34.0 Å². The number of allylic oxidation sites excluding steroid dienone is 1. The minimum Gasteiger partial charge on any atom is -0.494 e. The van der Waals surface area contributed by atoms with E-state index < -0.39 is 5.56 Å². The third kappa shape index (κ3) is 4.57. The zero-order valence-electron chi connectivity index (χ0n) is 18.1. The van der Waals surface area contributed by atoms with Gasteiger partial charge in [-0.2, -0.15) is 5.10 Å². The number of nitrogens with zero attached hydrogens (tertiary/aromatic N) is 3. The second-order valence-electron chi connectivity index (χ2n) is 7.54. The first-order chi connectivity index (χ1) is 17.0. The van der Waals surface area contributed by atoms with Crippen LogP contribution in [-0.2, 0) is 0 Å². The molecule has 0 atom stereocenters. The maximum Gasteiger partial charge on any atom is 0.262 e. The first kappa shape index (κ1) is 22.2. The molecule has 3 aromatic carbocycles. The molecule has 5 rings (SSSR count). The Hall–Kier alpha value is -4.63. The van der Waals surface area contributed by atoms with Gasteiger partial charge in [-0.15, -0.1) is 5.10 Å². The second-order valence-corrected chi connectivity index (χ2v) is 7.93. The van der Waals surface area contributed by atoms with Crippen molar-refractivity contribution < 1.29 is 14.2 Å². The van der Waals surface area contributed by atoms with Gasteiger partial charge in [0.05, 0.1) is 11.9 Å². The number of para-hydroxylation sites is 1. The first-order valence-electron chi connectivity index (χ1n) is 10.5. The average Bonchev–Trinajstić information content (AvgIpc) is 3.32. The van der Waals surface area contributed by atoms with E-state index in [2.05, 4.69) is 15.2 Å². The highest BCUT2D eigenvalue weighted by Crippen LogP contribution is 2.26. The molecule has 2 heterocycles. The number of nitrogens with one attached hydrogen (secondary N) is 1. The van der Waals surface area contributed by atoms with Gasteiger partial charge >= 0.3 is 0 Å². The summed E-state index contributed by atoms with van der Waals surface area (Å²) in [7, 11) is 0. The molecule has 0 fully saturated rings. The van der Waals surface area contributed by atoms with Crippen molar-refractivity contribution in [2.45, 2.75) is 0 Å². The van der Waals surface area contributed by atoms with Crippen LogP contribution in [0.4, 0.5) is 4.39 Å². The van der Waals surface area contributed by atoms with E-state index in [1.165, 1.54) is 29.0 Å². The van der Waals surface area contributed by atoms with Crippen molar-refractivity contribution in [1.82, 2.24) is 9.55 Å². The summed E-state index contributed by atoms with van der Waals surface area (Å²) < 4.78 is 20.5. The minimum absolute atomic E-state index is 0.0265. The van der Waals surface area contributed by atoms with Crippen LogP contribution in [0.15, 0.2) is 99.4 Å². The molecule has 0 radical (unpaired) electrons. The standard InChI is InChI=1S/C26H17FN4O3S/c27-18-8-6-16(7-9-18)23-17(15-28-30-23)14-22-24(32)29-26(35)31(25(22)33)19-10-12-21(13-11-19)34-20-4-2-1-3-5-20/h1-15,33H,(H,29,32,35). The smallest absolute Gasteiger partial charge is 0.262 e. The Morgan fingerprint density at radius 3 is 2.37 bits per heavy atom. The molecule has 9 heteroatoms. The topological polar surface area (TPSA) is 92.0 Å². The van der Waals surface area contributed by atoms with Gasteiger partial charge in [-0.1, -0.05) is 18.2 Å². The van der Waals surface area contributed by atoms with Gasteiger partial charge in [0, 0.05) is 11.1 Å². The monoisotopic (exact) mass is 484 g/mol. The second kappa shape index (κ2) is 9.32. The molecule has 0 bridgehead atoms. The molecule has 0 unspecified atom stereocenters. The summed E-state index contributed by atoms with van der Waals surface area (Å²) in [4.78, 5) is 15.3. The first-order valence-corrected chi connectivity index (χ1v) is 10.9. The van der Waals surface area contributed by atoms with Gasteiger partial charge in [0.1, 0.15) is 28.6 Å². The van der Waals surface area contributed by atoms with Crippen LogP contribution >= 0.6 is 12.2 Å². The van der Waals surface area contributed by atoms with Crippen LogP contribution in [0.5, 0.6) is 17.4 Å². The molecule has 0 aliphatic carbocycles. The van der Waals surface area contributed by atoms with E-state index in [-0.39, 0.29) is 22.0 Å². The molecule has 1 aromatic heterocycles. The summed E-state index contributed by atoms with van der Waals surface area (Å²) in [5, 5.41) is 19.0. The van der Waals surface area contributed by atoms with E-state index in [4.69, 9.17) is 17.0 Å². The fraction of sp³-hybridized carbons (Fsp3) is 0. The van der Waals surface area contributed by atoms with Crippen LogP contribution in [0.3, 0.4) is 0 Å². The predicted molar refractivity (Wildman–Crippen MR) is 135 cm³/mol. The van der Waals surface area contributed by atoms with Crippen molar-refractivity contribution in [3.63, 3.8) is 0 Å². The maximum absolute atomic E-state index is 13.3. The van der Waals surface area contributed by atoms with Crippen molar-refractivity contribution in [2.75, 3.05) is 0 Å². The van der Waals surface area contributed by atoms with Crippen molar-refractivity contribution in [3.8, 4) is 23.1 Å². The van der Waals surface area contributed by atoms with E-state index in [1.54, 1.807) is 36.4 Å². The van der Waals surface area contributed by atoms with Gasteiger partial charge in [-0.25, -0.2) is 4.39 Å². The number of aromatic amines is 1.